The molecule has 0 aliphatic carbocycles. The van der Waals surface area contributed by atoms with Crippen molar-refractivity contribution in [2.75, 3.05) is 19.8 Å². The minimum atomic E-state index is -0.775. The highest BCUT2D eigenvalue weighted by Crippen LogP contribution is 2.40. The van der Waals surface area contributed by atoms with Crippen molar-refractivity contribution in [3.8, 4) is 0 Å². The minimum absolute atomic E-state index is 0.164. The molecule has 0 N–H and O–H groups in total. The molecule has 2 unspecified atom stereocenters. The smallest absolute Gasteiger partial charge is 0.336 e. The molecule has 0 spiro atoms. The van der Waals surface area contributed by atoms with Crippen molar-refractivity contribution in [1.82, 2.24) is 0 Å². The van der Waals surface area contributed by atoms with E-state index in [1.807, 2.05) is 30.3 Å². The first kappa shape index (κ1) is 21.3. The van der Waals surface area contributed by atoms with Crippen LogP contribution in [0, 0.1) is 5.92 Å². The summed E-state index contributed by atoms with van der Waals surface area (Å²) in [6.45, 7) is 6.59. The quantitative estimate of drug-likeness (QED) is 0.528. The van der Waals surface area contributed by atoms with Crippen LogP contribution in [0.2, 0.25) is 0 Å². The number of esters is 3. The molecule has 0 amide bonds. The molecular weight excluding hydrogens is 362 g/mol. The second kappa shape index (κ2) is 9.82. The molecule has 28 heavy (non-hydrogen) atoms. The fourth-order valence-corrected chi connectivity index (χ4v) is 3.22. The summed E-state index contributed by atoms with van der Waals surface area (Å²) in [6.07, 6.45) is 0. The molecule has 0 aromatic heterocycles. The number of rotatable bonds is 7. The predicted octanol–water partition coefficient (Wildman–Crippen LogP) is 2.80. The zero-order valence-electron chi connectivity index (χ0n) is 16.6. The van der Waals surface area contributed by atoms with E-state index >= 15 is 0 Å². The number of carbonyl (C=O) groups excluding carboxylic acids is 3. The van der Waals surface area contributed by atoms with E-state index in [4.69, 9.17) is 14.2 Å². The van der Waals surface area contributed by atoms with Gasteiger partial charge in [0.2, 0.25) is 0 Å². The topological polar surface area (TPSA) is 91.3 Å². The van der Waals surface area contributed by atoms with E-state index in [9.17, 15) is 14.4 Å². The van der Waals surface area contributed by atoms with Crippen molar-refractivity contribution in [2.24, 2.45) is 10.9 Å². The molecule has 150 valence electrons. The Labute approximate surface area is 164 Å². The van der Waals surface area contributed by atoms with E-state index in [0.29, 0.717) is 5.71 Å². The molecule has 0 saturated carbocycles. The van der Waals surface area contributed by atoms with Gasteiger partial charge in [-0.25, -0.2) is 4.79 Å². The average Bonchev–Trinajstić information content (AvgIpc) is 2.66. The Morgan fingerprint density at radius 2 is 1.64 bits per heavy atom. The lowest BCUT2D eigenvalue weighted by Gasteiger charge is -2.32. The van der Waals surface area contributed by atoms with Crippen molar-refractivity contribution >= 4 is 23.6 Å². The standard InChI is InChI=1S/C21H25NO6/c1-5-26-20(24)17-13(3)22-16(12-28-14(4)23)19(21(25)27-6-2)18(17)15-10-8-7-9-11-15/h7-11,17-18H,5-6,12H2,1-4H3. The van der Waals surface area contributed by atoms with Crippen LogP contribution in [-0.2, 0) is 28.6 Å². The number of ether oxygens (including phenoxy) is 3. The molecular formula is C21H25NO6. The lowest BCUT2D eigenvalue weighted by molar-refractivity contribution is -0.146. The lowest BCUT2D eigenvalue weighted by atomic mass is 9.75. The number of hydrogen-bond donors (Lipinski definition) is 0. The predicted molar refractivity (Wildman–Crippen MR) is 103 cm³/mol. The number of carbonyl (C=O) groups is 3. The van der Waals surface area contributed by atoms with E-state index in [0.717, 1.165) is 5.56 Å². The van der Waals surface area contributed by atoms with Crippen LogP contribution in [0.5, 0.6) is 0 Å². The lowest BCUT2D eigenvalue weighted by Crippen LogP contribution is -2.37. The van der Waals surface area contributed by atoms with Gasteiger partial charge in [-0.3, -0.25) is 14.6 Å². The van der Waals surface area contributed by atoms with Gasteiger partial charge in [0, 0.05) is 18.6 Å². The average molecular weight is 387 g/mol. The molecule has 1 aromatic rings. The van der Waals surface area contributed by atoms with Gasteiger partial charge in [-0.2, -0.15) is 0 Å². The van der Waals surface area contributed by atoms with Gasteiger partial charge in [-0.15, -0.1) is 0 Å². The minimum Gasteiger partial charge on any atom is -0.465 e. The summed E-state index contributed by atoms with van der Waals surface area (Å²) in [7, 11) is 0. The maximum absolute atomic E-state index is 12.8. The number of hydrogen-bond acceptors (Lipinski definition) is 7. The van der Waals surface area contributed by atoms with Crippen molar-refractivity contribution in [1.29, 1.82) is 0 Å². The molecule has 0 bridgehead atoms. The summed E-state index contributed by atoms with van der Waals surface area (Å²) in [5.74, 6) is -2.98. The third kappa shape index (κ3) is 4.85. The molecule has 7 nitrogen and oxygen atoms in total. The fraction of sp³-hybridized carbons (Fsp3) is 0.429. The number of nitrogens with zero attached hydrogens (tertiary/aromatic N) is 1. The van der Waals surface area contributed by atoms with Gasteiger partial charge in [-0.05, 0) is 26.3 Å². The van der Waals surface area contributed by atoms with E-state index in [1.165, 1.54) is 6.92 Å². The molecule has 1 aromatic carbocycles. The normalized spacial score (nSPS) is 18.9. The monoisotopic (exact) mass is 387 g/mol. The van der Waals surface area contributed by atoms with E-state index in [-0.39, 0.29) is 31.1 Å². The molecule has 0 saturated heterocycles. The first-order chi connectivity index (χ1) is 13.4. The van der Waals surface area contributed by atoms with Crippen LogP contribution in [0.4, 0.5) is 0 Å². The van der Waals surface area contributed by atoms with Crippen molar-refractivity contribution in [2.45, 2.75) is 33.6 Å². The molecule has 2 rings (SSSR count). The summed E-state index contributed by atoms with van der Waals surface area (Å²) < 4.78 is 15.6. The Bertz CT molecular complexity index is 796. The van der Waals surface area contributed by atoms with Crippen molar-refractivity contribution in [3.63, 3.8) is 0 Å². The van der Waals surface area contributed by atoms with Crippen molar-refractivity contribution in [3.05, 3.63) is 47.2 Å². The number of benzene rings is 1. The van der Waals surface area contributed by atoms with Crippen LogP contribution in [0.25, 0.3) is 0 Å². The van der Waals surface area contributed by atoms with Gasteiger partial charge < -0.3 is 14.2 Å². The maximum atomic E-state index is 12.8. The van der Waals surface area contributed by atoms with Crippen LogP contribution in [0.1, 0.15) is 39.2 Å². The molecule has 1 heterocycles. The first-order valence-corrected chi connectivity index (χ1v) is 9.20. The largest absolute Gasteiger partial charge is 0.465 e. The highest BCUT2D eigenvalue weighted by atomic mass is 16.5. The molecule has 7 heteroatoms. The van der Waals surface area contributed by atoms with Crippen LogP contribution < -0.4 is 0 Å². The fourth-order valence-electron chi connectivity index (χ4n) is 3.22. The SMILES string of the molecule is CCOC(=O)C1=C(COC(C)=O)N=C(C)C(C(=O)OCC)C1c1ccccc1. The van der Waals surface area contributed by atoms with Crippen molar-refractivity contribution < 1.29 is 28.6 Å². The summed E-state index contributed by atoms with van der Waals surface area (Å²) in [5, 5.41) is 0. The molecule has 1 aliphatic rings. The van der Waals surface area contributed by atoms with Gasteiger partial charge in [0.1, 0.15) is 12.5 Å². The maximum Gasteiger partial charge on any atom is 0.336 e. The first-order valence-electron chi connectivity index (χ1n) is 9.20. The van der Waals surface area contributed by atoms with Gasteiger partial charge in [0.15, 0.2) is 0 Å². The Balaban J connectivity index is 2.65. The molecule has 2 atom stereocenters. The highest BCUT2D eigenvalue weighted by molar-refractivity contribution is 6.07. The Hall–Kier alpha value is -2.96. The second-order valence-corrected chi connectivity index (χ2v) is 6.23. The summed E-state index contributed by atoms with van der Waals surface area (Å²) >= 11 is 0. The summed E-state index contributed by atoms with van der Waals surface area (Å²) in [4.78, 5) is 41.3. The third-order valence-corrected chi connectivity index (χ3v) is 4.32. The molecule has 0 fully saturated rings. The van der Waals surface area contributed by atoms with Crippen LogP contribution in [-0.4, -0.2) is 43.4 Å². The van der Waals surface area contributed by atoms with E-state index in [2.05, 4.69) is 4.99 Å². The van der Waals surface area contributed by atoms with Crippen LogP contribution in [0.3, 0.4) is 0 Å². The highest BCUT2D eigenvalue weighted by Gasteiger charge is 2.43. The van der Waals surface area contributed by atoms with Gasteiger partial charge in [0.25, 0.3) is 0 Å². The van der Waals surface area contributed by atoms with Gasteiger partial charge >= 0.3 is 17.9 Å². The zero-order valence-corrected chi connectivity index (χ0v) is 16.6. The third-order valence-electron chi connectivity index (χ3n) is 4.32. The second-order valence-electron chi connectivity index (χ2n) is 6.23. The van der Waals surface area contributed by atoms with Gasteiger partial charge in [-0.1, -0.05) is 30.3 Å². The summed E-state index contributed by atoms with van der Waals surface area (Å²) in [6, 6.07) is 9.16. The molecule has 1 aliphatic heterocycles. The van der Waals surface area contributed by atoms with Crippen LogP contribution in [0.15, 0.2) is 46.6 Å². The summed E-state index contributed by atoms with van der Waals surface area (Å²) in [5.41, 5.74) is 1.72. The van der Waals surface area contributed by atoms with E-state index in [1.54, 1.807) is 20.8 Å². The van der Waals surface area contributed by atoms with Gasteiger partial charge in [0.05, 0.1) is 24.5 Å². The van der Waals surface area contributed by atoms with Crippen LogP contribution >= 0.6 is 0 Å². The Morgan fingerprint density at radius 3 is 2.21 bits per heavy atom. The molecule has 0 radical (unpaired) electrons. The Morgan fingerprint density at radius 1 is 1.00 bits per heavy atom. The number of aliphatic imine (C=N–C) groups is 1. The Kier molecular flexibility index (Phi) is 7.49. The zero-order chi connectivity index (χ0) is 20.7. The van der Waals surface area contributed by atoms with E-state index < -0.39 is 29.7 Å².